The van der Waals surface area contributed by atoms with Gasteiger partial charge < -0.3 is 14.0 Å². The second-order valence-corrected chi connectivity index (χ2v) is 10.6. The standard InChI is InChI=1S/C34H27N3O4S/c1-4-19-36-21-24(26-13-9-10-14-27(26)36)20-28-32(38)37-31(23-15-17-25(40-3)18-16-23)29(33(39)41-5-2)30(35-34(37)42-28)22-11-7-6-8-12-22/h1,6-18,20-21,31H,5,19H2,2-3H3/b28-20-/t31-/m1/s1. The molecule has 7 nitrogen and oxygen atoms in total. The first kappa shape index (κ1) is 27.1. The lowest BCUT2D eigenvalue weighted by Gasteiger charge is -2.26. The van der Waals surface area contributed by atoms with Crippen molar-refractivity contribution in [3.63, 3.8) is 0 Å². The van der Waals surface area contributed by atoms with Crippen molar-refractivity contribution < 1.29 is 14.3 Å². The molecule has 1 aliphatic heterocycles. The van der Waals surface area contributed by atoms with Gasteiger partial charge in [-0.25, -0.2) is 9.79 Å². The number of esters is 1. The molecule has 42 heavy (non-hydrogen) atoms. The summed E-state index contributed by atoms with van der Waals surface area (Å²) in [6.07, 6.45) is 9.45. The van der Waals surface area contributed by atoms with E-state index in [1.165, 1.54) is 11.3 Å². The molecule has 2 aromatic heterocycles. The van der Waals surface area contributed by atoms with E-state index in [4.69, 9.17) is 20.9 Å². The van der Waals surface area contributed by atoms with Gasteiger partial charge in [-0.3, -0.25) is 9.36 Å². The number of rotatable bonds is 7. The van der Waals surface area contributed by atoms with Crippen LogP contribution in [-0.2, 0) is 16.1 Å². The molecule has 3 heterocycles. The molecule has 0 saturated heterocycles. The number of benzene rings is 3. The Morgan fingerprint density at radius 2 is 1.81 bits per heavy atom. The average molecular weight is 574 g/mol. The molecule has 0 saturated carbocycles. The van der Waals surface area contributed by atoms with Crippen molar-refractivity contribution >= 4 is 40.0 Å². The maximum Gasteiger partial charge on any atom is 0.338 e. The summed E-state index contributed by atoms with van der Waals surface area (Å²) < 4.78 is 15.0. The highest BCUT2D eigenvalue weighted by molar-refractivity contribution is 7.07. The first-order valence-corrected chi connectivity index (χ1v) is 14.3. The Labute approximate surface area is 246 Å². The molecule has 0 amide bonds. The summed E-state index contributed by atoms with van der Waals surface area (Å²) in [5.74, 6) is 2.84. The fourth-order valence-electron chi connectivity index (χ4n) is 5.30. The summed E-state index contributed by atoms with van der Waals surface area (Å²) >= 11 is 1.29. The highest BCUT2D eigenvalue weighted by atomic mass is 32.1. The third kappa shape index (κ3) is 4.74. The fraction of sp³-hybridized carbons (Fsp3) is 0.147. The number of terminal acetylenes is 1. The molecule has 6 rings (SSSR count). The van der Waals surface area contributed by atoms with Gasteiger partial charge in [-0.15, -0.1) is 6.42 Å². The minimum absolute atomic E-state index is 0.186. The second kappa shape index (κ2) is 11.4. The normalized spacial score (nSPS) is 14.8. The van der Waals surface area contributed by atoms with Gasteiger partial charge in [0.1, 0.15) is 5.75 Å². The Morgan fingerprint density at radius 3 is 2.52 bits per heavy atom. The number of ether oxygens (including phenoxy) is 2. The summed E-state index contributed by atoms with van der Waals surface area (Å²) in [7, 11) is 1.59. The number of para-hydroxylation sites is 1. The van der Waals surface area contributed by atoms with Crippen molar-refractivity contribution in [2.75, 3.05) is 13.7 Å². The van der Waals surface area contributed by atoms with Crippen molar-refractivity contribution in [3.8, 4) is 18.1 Å². The minimum Gasteiger partial charge on any atom is -0.497 e. The molecule has 8 heteroatoms. The Kier molecular flexibility index (Phi) is 7.34. The molecule has 208 valence electrons. The van der Waals surface area contributed by atoms with E-state index in [0.29, 0.717) is 32.9 Å². The number of aromatic nitrogens is 2. The van der Waals surface area contributed by atoms with E-state index in [2.05, 4.69) is 5.92 Å². The number of nitrogens with zero attached hydrogens (tertiary/aromatic N) is 3. The summed E-state index contributed by atoms with van der Waals surface area (Å²) in [5, 5.41) is 0.988. The maximum atomic E-state index is 14.2. The Balaban J connectivity index is 1.64. The monoisotopic (exact) mass is 573 g/mol. The lowest BCUT2D eigenvalue weighted by molar-refractivity contribution is -0.138. The molecule has 0 fully saturated rings. The van der Waals surface area contributed by atoms with Crippen molar-refractivity contribution in [3.05, 3.63) is 127 Å². The molecule has 1 atom stereocenters. The van der Waals surface area contributed by atoms with Crippen LogP contribution in [0.2, 0.25) is 0 Å². The predicted octanol–water partition coefficient (Wildman–Crippen LogP) is 4.53. The Bertz CT molecular complexity index is 2060. The quantitative estimate of drug-likeness (QED) is 0.212. The Morgan fingerprint density at radius 1 is 1.07 bits per heavy atom. The molecular formula is C34H27N3O4S. The first-order valence-electron chi connectivity index (χ1n) is 13.5. The van der Waals surface area contributed by atoms with Crippen LogP contribution < -0.4 is 19.6 Å². The summed E-state index contributed by atoms with van der Waals surface area (Å²) in [6.45, 7) is 2.36. The average Bonchev–Trinajstić information content (AvgIpc) is 3.53. The largest absolute Gasteiger partial charge is 0.497 e. The van der Waals surface area contributed by atoms with Gasteiger partial charge in [0.15, 0.2) is 4.80 Å². The third-order valence-corrected chi connectivity index (χ3v) is 8.16. The van der Waals surface area contributed by atoms with Crippen molar-refractivity contribution in [1.82, 2.24) is 9.13 Å². The minimum atomic E-state index is -0.758. The number of thiazole rings is 1. The van der Waals surface area contributed by atoms with Gasteiger partial charge in [0.05, 0.1) is 42.1 Å². The third-order valence-electron chi connectivity index (χ3n) is 7.17. The van der Waals surface area contributed by atoms with Crippen molar-refractivity contribution in [2.24, 2.45) is 4.99 Å². The highest BCUT2D eigenvalue weighted by Crippen LogP contribution is 2.35. The highest BCUT2D eigenvalue weighted by Gasteiger charge is 2.35. The zero-order valence-electron chi connectivity index (χ0n) is 23.1. The van der Waals surface area contributed by atoms with Crippen LogP contribution in [-0.4, -0.2) is 28.8 Å². The van der Waals surface area contributed by atoms with Crippen LogP contribution in [0.3, 0.4) is 0 Å². The van der Waals surface area contributed by atoms with Crippen molar-refractivity contribution in [2.45, 2.75) is 19.5 Å². The van der Waals surface area contributed by atoms with Gasteiger partial charge >= 0.3 is 5.97 Å². The van der Waals surface area contributed by atoms with Gasteiger partial charge in [-0.1, -0.05) is 77.9 Å². The maximum absolute atomic E-state index is 14.2. The van der Waals surface area contributed by atoms with E-state index in [0.717, 1.165) is 27.6 Å². The second-order valence-electron chi connectivity index (χ2n) is 9.64. The van der Waals surface area contributed by atoms with Crippen LogP contribution >= 0.6 is 11.3 Å². The van der Waals surface area contributed by atoms with Crippen LogP contribution in [0.1, 0.15) is 29.7 Å². The van der Waals surface area contributed by atoms with E-state index in [9.17, 15) is 9.59 Å². The van der Waals surface area contributed by atoms with E-state index in [1.54, 1.807) is 18.6 Å². The van der Waals surface area contributed by atoms with E-state index < -0.39 is 12.0 Å². The fourth-order valence-corrected chi connectivity index (χ4v) is 6.29. The smallest absolute Gasteiger partial charge is 0.338 e. The van der Waals surface area contributed by atoms with Gasteiger partial charge in [0, 0.05) is 28.2 Å². The van der Waals surface area contributed by atoms with Crippen LogP contribution in [0.15, 0.2) is 100 Å². The number of carbonyl (C=O) groups excluding carboxylic acids is 1. The molecule has 0 aliphatic carbocycles. The topological polar surface area (TPSA) is 74.8 Å². The molecule has 5 aromatic rings. The van der Waals surface area contributed by atoms with Crippen LogP contribution in [0, 0.1) is 12.3 Å². The zero-order chi connectivity index (χ0) is 29.2. The lowest BCUT2D eigenvalue weighted by atomic mass is 9.93. The molecule has 0 spiro atoms. The molecule has 0 bridgehead atoms. The number of fused-ring (bicyclic) bond motifs is 2. The summed E-state index contributed by atoms with van der Waals surface area (Å²) in [5.41, 5.74) is 3.89. The molecule has 0 unspecified atom stereocenters. The molecule has 0 N–H and O–H groups in total. The number of carbonyl (C=O) groups is 1. The van der Waals surface area contributed by atoms with Crippen molar-refractivity contribution in [1.29, 1.82) is 0 Å². The van der Waals surface area contributed by atoms with Crippen LogP contribution in [0.25, 0.3) is 22.7 Å². The van der Waals surface area contributed by atoms with Gasteiger partial charge in [0.2, 0.25) is 0 Å². The van der Waals surface area contributed by atoms with Gasteiger partial charge in [-0.2, -0.15) is 0 Å². The lowest BCUT2D eigenvalue weighted by Crippen LogP contribution is -2.40. The molecule has 3 aromatic carbocycles. The molecule has 0 radical (unpaired) electrons. The van der Waals surface area contributed by atoms with Gasteiger partial charge in [-0.05, 0) is 36.8 Å². The van der Waals surface area contributed by atoms with Crippen LogP contribution in [0.4, 0.5) is 0 Å². The summed E-state index contributed by atoms with van der Waals surface area (Å²) in [4.78, 5) is 33.2. The number of hydrogen-bond acceptors (Lipinski definition) is 6. The van der Waals surface area contributed by atoms with E-state index >= 15 is 0 Å². The summed E-state index contributed by atoms with van der Waals surface area (Å²) in [6, 6.07) is 24.0. The predicted molar refractivity (Wildman–Crippen MR) is 165 cm³/mol. The zero-order valence-corrected chi connectivity index (χ0v) is 23.9. The van der Waals surface area contributed by atoms with Crippen LogP contribution in [0.5, 0.6) is 5.75 Å². The van der Waals surface area contributed by atoms with E-state index in [1.807, 2.05) is 95.7 Å². The SMILES string of the molecule is C#CCn1cc(/C=c2\sc3n(c2=O)[C@H](c2ccc(OC)cc2)C(C(=O)OCC)=C(c2ccccc2)N=3)c2ccccc21. The number of methoxy groups -OCH3 is 1. The first-order chi connectivity index (χ1) is 20.5. The number of hydrogen-bond donors (Lipinski definition) is 0. The van der Waals surface area contributed by atoms with Gasteiger partial charge in [0.25, 0.3) is 5.56 Å². The van der Waals surface area contributed by atoms with E-state index in [-0.39, 0.29) is 12.2 Å². The Hall–Kier alpha value is -5.13. The molecule has 1 aliphatic rings. The molecular weight excluding hydrogens is 546 g/mol.